The number of rotatable bonds is 11. The molecule has 0 radical (unpaired) electrons. The standard InChI is InChI=1S/C34H37FN2O3/c35-29-18-16-26(17-19-29)31-23-28(31)22-30(38)10-7-11-32(34(40)37-20-5-2-6-21-37)36-33(39)27-14-12-25(13-15-27)24-8-3-1-4-9-24/h1,3-4,8-9,12-19,28,31-32H,2,5-7,10-11,20-23H2,(H,36,39)/t28-,31+,32-/m0/s1. The number of hydrogen-bond acceptors (Lipinski definition) is 3. The van der Waals surface area contributed by atoms with Crippen molar-refractivity contribution in [1.82, 2.24) is 10.2 Å². The van der Waals surface area contributed by atoms with E-state index in [0.29, 0.717) is 56.2 Å². The molecule has 0 unspecified atom stereocenters. The van der Waals surface area contributed by atoms with E-state index in [1.165, 1.54) is 12.1 Å². The highest BCUT2D eigenvalue weighted by Gasteiger charge is 2.39. The molecule has 3 aromatic rings. The Morgan fingerprint density at radius 3 is 2.23 bits per heavy atom. The Morgan fingerprint density at radius 1 is 0.850 bits per heavy atom. The van der Waals surface area contributed by atoms with Crippen molar-refractivity contribution < 1.29 is 18.8 Å². The van der Waals surface area contributed by atoms with Crippen LogP contribution < -0.4 is 5.32 Å². The number of ketones is 1. The van der Waals surface area contributed by atoms with E-state index in [1.807, 2.05) is 47.4 Å². The van der Waals surface area contributed by atoms with Crippen LogP contribution in [-0.4, -0.2) is 41.6 Å². The molecule has 1 saturated heterocycles. The van der Waals surface area contributed by atoms with Gasteiger partial charge in [0.05, 0.1) is 0 Å². The summed E-state index contributed by atoms with van der Waals surface area (Å²) in [5.41, 5.74) is 3.69. The fourth-order valence-corrected chi connectivity index (χ4v) is 5.77. The third-order valence-electron chi connectivity index (χ3n) is 8.18. The number of piperidine rings is 1. The summed E-state index contributed by atoms with van der Waals surface area (Å²) in [7, 11) is 0. The predicted octanol–water partition coefficient (Wildman–Crippen LogP) is 6.54. The summed E-state index contributed by atoms with van der Waals surface area (Å²) in [5.74, 6) is 0.234. The van der Waals surface area contributed by atoms with E-state index >= 15 is 0 Å². The first-order valence-corrected chi connectivity index (χ1v) is 14.5. The lowest BCUT2D eigenvalue weighted by Crippen LogP contribution is -2.50. The molecule has 0 bridgehead atoms. The van der Waals surface area contributed by atoms with Crippen LogP contribution in [0.15, 0.2) is 78.9 Å². The lowest BCUT2D eigenvalue weighted by molar-refractivity contribution is -0.134. The molecule has 40 heavy (non-hydrogen) atoms. The van der Waals surface area contributed by atoms with Gasteiger partial charge in [-0.25, -0.2) is 4.39 Å². The molecule has 2 amide bonds. The zero-order chi connectivity index (χ0) is 27.9. The topological polar surface area (TPSA) is 66.5 Å². The smallest absolute Gasteiger partial charge is 0.251 e. The molecule has 1 aliphatic heterocycles. The SMILES string of the molecule is O=C(CCC[C@H](NC(=O)c1ccc(-c2ccccc2)cc1)C(=O)N1CCCCC1)C[C@H]1C[C@@H]1c1ccc(F)cc1. The monoisotopic (exact) mass is 540 g/mol. The van der Waals surface area contributed by atoms with Gasteiger partial charge in [0.15, 0.2) is 0 Å². The summed E-state index contributed by atoms with van der Waals surface area (Å²) in [6.45, 7) is 1.42. The molecule has 208 valence electrons. The van der Waals surface area contributed by atoms with Gasteiger partial charge in [-0.2, -0.15) is 0 Å². The van der Waals surface area contributed by atoms with Gasteiger partial charge in [-0.15, -0.1) is 0 Å². The molecular formula is C34H37FN2O3. The third-order valence-corrected chi connectivity index (χ3v) is 8.18. The van der Waals surface area contributed by atoms with Gasteiger partial charge in [0.25, 0.3) is 5.91 Å². The van der Waals surface area contributed by atoms with E-state index in [2.05, 4.69) is 5.32 Å². The molecule has 5 rings (SSSR count). The van der Waals surface area contributed by atoms with Gasteiger partial charge in [-0.05, 0) is 91.3 Å². The van der Waals surface area contributed by atoms with E-state index in [-0.39, 0.29) is 23.4 Å². The Hall–Kier alpha value is -3.80. The number of amides is 2. The van der Waals surface area contributed by atoms with Crippen molar-refractivity contribution in [2.24, 2.45) is 5.92 Å². The molecule has 0 spiro atoms. The number of halogens is 1. The van der Waals surface area contributed by atoms with E-state index in [1.54, 1.807) is 24.3 Å². The molecule has 3 aromatic carbocycles. The van der Waals surface area contributed by atoms with Gasteiger partial charge < -0.3 is 10.2 Å². The van der Waals surface area contributed by atoms with Crippen LogP contribution in [0, 0.1) is 11.7 Å². The van der Waals surface area contributed by atoms with Crippen LogP contribution in [0.3, 0.4) is 0 Å². The largest absolute Gasteiger partial charge is 0.341 e. The highest BCUT2D eigenvalue weighted by atomic mass is 19.1. The first kappa shape index (κ1) is 27.8. The van der Waals surface area contributed by atoms with Crippen LogP contribution in [-0.2, 0) is 9.59 Å². The fourth-order valence-electron chi connectivity index (χ4n) is 5.77. The van der Waals surface area contributed by atoms with Crippen molar-refractivity contribution in [3.8, 4) is 11.1 Å². The van der Waals surface area contributed by atoms with E-state index in [0.717, 1.165) is 42.4 Å². The van der Waals surface area contributed by atoms with Gasteiger partial charge in [0.1, 0.15) is 17.6 Å². The molecule has 2 aliphatic rings. The Bertz CT molecular complexity index is 1300. The minimum Gasteiger partial charge on any atom is -0.341 e. The van der Waals surface area contributed by atoms with Crippen molar-refractivity contribution >= 4 is 17.6 Å². The molecule has 1 aliphatic carbocycles. The molecule has 1 N–H and O–H groups in total. The van der Waals surface area contributed by atoms with E-state index in [4.69, 9.17) is 0 Å². The van der Waals surface area contributed by atoms with Crippen LogP contribution in [0.2, 0.25) is 0 Å². The minimum absolute atomic E-state index is 0.0556. The molecule has 1 heterocycles. The number of nitrogens with zero attached hydrogens (tertiary/aromatic N) is 1. The molecule has 3 atom stereocenters. The number of likely N-dealkylation sites (tertiary alicyclic amines) is 1. The average Bonchev–Trinajstić information content (AvgIpc) is 3.76. The summed E-state index contributed by atoms with van der Waals surface area (Å²) in [5, 5.41) is 2.98. The summed E-state index contributed by atoms with van der Waals surface area (Å²) in [6, 6.07) is 23.3. The maximum absolute atomic E-state index is 13.4. The van der Waals surface area contributed by atoms with Crippen LogP contribution in [0.5, 0.6) is 0 Å². The summed E-state index contributed by atoms with van der Waals surface area (Å²) in [6.07, 6.45) is 5.89. The summed E-state index contributed by atoms with van der Waals surface area (Å²) in [4.78, 5) is 41.1. The van der Waals surface area contributed by atoms with Crippen LogP contribution in [0.1, 0.15) is 73.2 Å². The summed E-state index contributed by atoms with van der Waals surface area (Å²) < 4.78 is 13.2. The zero-order valence-corrected chi connectivity index (χ0v) is 22.9. The second-order valence-electron chi connectivity index (χ2n) is 11.1. The minimum atomic E-state index is -0.653. The van der Waals surface area contributed by atoms with Crippen molar-refractivity contribution in [2.75, 3.05) is 13.1 Å². The lowest BCUT2D eigenvalue weighted by atomic mass is 10.0. The van der Waals surface area contributed by atoms with Gasteiger partial charge >= 0.3 is 0 Å². The molecular weight excluding hydrogens is 503 g/mol. The van der Waals surface area contributed by atoms with Crippen molar-refractivity contribution in [3.05, 3.63) is 95.8 Å². The molecule has 5 nitrogen and oxygen atoms in total. The van der Waals surface area contributed by atoms with Crippen molar-refractivity contribution in [2.45, 2.75) is 63.3 Å². The van der Waals surface area contributed by atoms with Crippen LogP contribution in [0.4, 0.5) is 4.39 Å². The maximum Gasteiger partial charge on any atom is 0.251 e. The lowest BCUT2D eigenvalue weighted by Gasteiger charge is -2.31. The van der Waals surface area contributed by atoms with Gasteiger partial charge in [-0.3, -0.25) is 14.4 Å². The quantitative estimate of drug-likeness (QED) is 0.300. The van der Waals surface area contributed by atoms with Gasteiger partial charge in [0.2, 0.25) is 5.91 Å². The molecule has 1 saturated carbocycles. The summed E-state index contributed by atoms with van der Waals surface area (Å²) >= 11 is 0. The highest BCUT2D eigenvalue weighted by Crippen LogP contribution is 2.49. The Labute approximate surface area is 235 Å². The van der Waals surface area contributed by atoms with Crippen molar-refractivity contribution in [1.29, 1.82) is 0 Å². The number of hydrogen-bond donors (Lipinski definition) is 1. The van der Waals surface area contributed by atoms with Crippen molar-refractivity contribution in [3.63, 3.8) is 0 Å². The number of carbonyl (C=O) groups excluding carboxylic acids is 3. The Kier molecular flexibility index (Phi) is 9.04. The molecule has 0 aromatic heterocycles. The van der Waals surface area contributed by atoms with E-state index < -0.39 is 6.04 Å². The average molecular weight is 541 g/mol. The second-order valence-corrected chi connectivity index (χ2v) is 11.1. The predicted molar refractivity (Wildman–Crippen MR) is 154 cm³/mol. The second kappa shape index (κ2) is 13.0. The normalized spacial score (nSPS) is 19.1. The van der Waals surface area contributed by atoms with Crippen LogP contribution in [0.25, 0.3) is 11.1 Å². The highest BCUT2D eigenvalue weighted by molar-refractivity contribution is 5.98. The number of Topliss-reactive ketones (excluding diaryl/α,β-unsaturated/α-hetero) is 1. The molecule has 2 fully saturated rings. The third kappa shape index (κ3) is 7.23. The Morgan fingerprint density at radius 2 is 1.52 bits per heavy atom. The zero-order valence-electron chi connectivity index (χ0n) is 22.9. The van der Waals surface area contributed by atoms with E-state index in [9.17, 15) is 18.8 Å². The van der Waals surface area contributed by atoms with Gasteiger partial charge in [0, 0.05) is 31.5 Å². The first-order chi connectivity index (χ1) is 19.5. The van der Waals surface area contributed by atoms with Crippen LogP contribution >= 0.6 is 0 Å². The molecule has 6 heteroatoms. The number of benzene rings is 3. The Balaban J connectivity index is 1.16. The fraction of sp³-hybridized carbons (Fsp3) is 0.382. The number of nitrogens with one attached hydrogen (secondary N) is 1. The number of carbonyl (C=O) groups is 3. The first-order valence-electron chi connectivity index (χ1n) is 14.5. The van der Waals surface area contributed by atoms with Gasteiger partial charge in [-0.1, -0.05) is 54.6 Å². The maximum atomic E-state index is 13.4.